The van der Waals surface area contributed by atoms with Crippen molar-refractivity contribution >= 4 is 21.9 Å². The van der Waals surface area contributed by atoms with Gasteiger partial charge in [0.2, 0.25) is 0 Å². The topological polar surface area (TPSA) is 61.5 Å². The minimum absolute atomic E-state index is 0.388. The number of benzene rings is 1. The predicted molar refractivity (Wildman–Crippen MR) is 66.3 cm³/mol. The highest BCUT2D eigenvalue weighted by Crippen LogP contribution is 2.30. The maximum absolute atomic E-state index is 11.3. The van der Waals surface area contributed by atoms with Gasteiger partial charge in [-0.05, 0) is 29.2 Å². The van der Waals surface area contributed by atoms with Gasteiger partial charge in [-0.2, -0.15) is 0 Å². The van der Waals surface area contributed by atoms with E-state index in [1.54, 1.807) is 0 Å². The van der Waals surface area contributed by atoms with Crippen LogP contribution in [0.1, 0.15) is 16.7 Å². The van der Waals surface area contributed by atoms with Crippen LogP contribution in [0.3, 0.4) is 0 Å². The number of hydrogen-bond donors (Lipinski definition) is 1. The third-order valence-corrected chi connectivity index (χ3v) is 3.65. The molecule has 1 atom stereocenters. The van der Waals surface area contributed by atoms with Crippen molar-refractivity contribution in [1.29, 1.82) is 0 Å². The van der Waals surface area contributed by atoms with E-state index in [2.05, 4.69) is 20.7 Å². The minimum atomic E-state index is -0.620. The van der Waals surface area contributed by atoms with E-state index in [0.29, 0.717) is 19.6 Å². The summed E-state index contributed by atoms with van der Waals surface area (Å²) in [6.07, 6.45) is 0.478. The lowest BCUT2D eigenvalue weighted by Crippen LogP contribution is -2.33. The smallest absolute Gasteiger partial charge is 0.322 e. The number of halogens is 1. The Hall–Kier alpha value is -0.910. The average molecular weight is 300 g/mol. The molecule has 0 aliphatic carbocycles. The van der Waals surface area contributed by atoms with Gasteiger partial charge < -0.3 is 15.2 Å². The molecule has 2 rings (SSSR count). The molecule has 92 valence electrons. The lowest BCUT2D eigenvalue weighted by atomic mass is 9.98. The first-order valence-corrected chi connectivity index (χ1v) is 6.13. The standard InChI is InChI=1S/C12H14BrNO3/c1-16-12(15)11(14)4-7-2-3-10(13)9-6-17-5-8(7)9/h2-3,11H,4-6,14H2,1H3/t11-/m0/s1. The Balaban J connectivity index is 2.23. The fourth-order valence-corrected chi connectivity index (χ4v) is 2.45. The Morgan fingerprint density at radius 3 is 2.94 bits per heavy atom. The summed E-state index contributed by atoms with van der Waals surface area (Å²) in [4.78, 5) is 11.3. The van der Waals surface area contributed by atoms with E-state index >= 15 is 0 Å². The van der Waals surface area contributed by atoms with E-state index in [1.165, 1.54) is 7.11 Å². The van der Waals surface area contributed by atoms with Gasteiger partial charge in [0.05, 0.1) is 20.3 Å². The Kier molecular flexibility index (Phi) is 3.81. The molecular weight excluding hydrogens is 286 g/mol. The molecule has 1 aliphatic rings. The molecule has 0 amide bonds. The first-order valence-electron chi connectivity index (χ1n) is 5.33. The molecule has 0 aromatic heterocycles. The molecule has 1 aliphatic heterocycles. The molecule has 0 saturated carbocycles. The second-order valence-corrected chi connectivity index (χ2v) is 4.84. The van der Waals surface area contributed by atoms with Crippen molar-refractivity contribution in [2.75, 3.05) is 7.11 Å². The van der Waals surface area contributed by atoms with Crippen LogP contribution in [0.2, 0.25) is 0 Å². The molecule has 5 heteroatoms. The lowest BCUT2D eigenvalue weighted by Gasteiger charge is -2.12. The van der Waals surface area contributed by atoms with Gasteiger partial charge >= 0.3 is 5.97 Å². The first-order chi connectivity index (χ1) is 8.13. The van der Waals surface area contributed by atoms with Crippen molar-refractivity contribution in [3.05, 3.63) is 33.3 Å². The van der Waals surface area contributed by atoms with Crippen LogP contribution in [0.15, 0.2) is 16.6 Å². The van der Waals surface area contributed by atoms with Crippen molar-refractivity contribution in [2.24, 2.45) is 5.73 Å². The molecule has 0 bridgehead atoms. The number of hydrogen-bond acceptors (Lipinski definition) is 4. The molecule has 0 radical (unpaired) electrons. The molecule has 0 saturated heterocycles. The number of methoxy groups -OCH3 is 1. The van der Waals surface area contributed by atoms with Crippen molar-refractivity contribution in [2.45, 2.75) is 25.7 Å². The number of nitrogens with two attached hydrogens (primary N) is 1. The van der Waals surface area contributed by atoms with Gasteiger partial charge in [-0.1, -0.05) is 22.0 Å². The fourth-order valence-electron chi connectivity index (χ4n) is 1.97. The van der Waals surface area contributed by atoms with Crippen LogP contribution < -0.4 is 5.73 Å². The Bertz CT molecular complexity index is 448. The van der Waals surface area contributed by atoms with Gasteiger partial charge in [-0.3, -0.25) is 4.79 Å². The Morgan fingerprint density at radius 2 is 2.24 bits per heavy atom. The Labute approximate surface area is 108 Å². The van der Waals surface area contributed by atoms with E-state index in [4.69, 9.17) is 10.5 Å². The van der Waals surface area contributed by atoms with Crippen molar-refractivity contribution in [3.8, 4) is 0 Å². The summed E-state index contributed by atoms with van der Waals surface area (Å²) in [6.45, 7) is 1.19. The summed E-state index contributed by atoms with van der Waals surface area (Å²) >= 11 is 3.49. The highest BCUT2D eigenvalue weighted by Gasteiger charge is 2.21. The summed E-state index contributed by atoms with van der Waals surface area (Å²) < 4.78 is 11.1. The van der Waals surface area contributed by atoms with Crippen LogP contribution in [-0.2, 0) is 33.9 Å². The predicted octanol–water partition coefficient (Wildman–Crippen LogP) is 1.52. The summed E-state index contributed by atoms with van der Waals surface area (Å²) in [5, 5.41) is 0. The molecule has 4 nitrogen and oxygen atoms in total. The lowest BCUT2D eigenvalue weighted by molar-refractivity contribution is -0.142. The maximum Gasteiger partial charge on any atom is 0.322 e. The molecule has 2 N–H and O–H groups in total. The zero-order valence-electron chi connectivity index (χ0n) is 9.53. The van der Waals surface area contributed by atoms with Crippen LogP contribution in [0, 0.1) is 0 Å². The minimum Gasteiger partial charge on any atom is -0.468 e. The maximum atomic E-state index is 11.3. The summed E-state index contributed by atoms with van der Waals surface area (Å²) in [5.74, 6) is -0.388. The molecule has 0 spiro atoms. The number of ether oxygens (including phenoxy) is 2. The highest BCUT2D eigenvalue weighted by molar-refractivity contribution is 9.10. The Morgan fingerprint density at radius 1 is 1.53 bits per heavy atom. The zero-order valence-corrected chi connectivity index (χ0v) is 11.1. The van der Waals surface area contributed by atoms with Crippen molar-refractivity contribution < 1.29 is 14.3 Å². The average Bonchev–Trinajstić information content (AvgIpc) is 2.81. The monoisotopic (exact) mass is 299 g/mol. The van der Waals surface area contributed by atoms with Gasteiger partial charge in [0, 0.05) is 4.47 Å². The molecule has 1 heterocycles. The molecule has 17 heavy (non-hydrogen) atoms. The highest BCUT2D eigenvalue weighted by atomic mass is 79.9. The van der Waals surface area contributed by atoms with Gasteiger partial charge in [-0.15, -0.1) is 0 Å². The largest absolute Gasteiger partial charge is 0.468 e. The van der Waals surface area contributed by atoms with Gasteiger partial charge in [0.25, 0.3) is 0 Å². The molecule has 0 fully saturated rings. The zero-order chi connectivity index (χ0) is 12.4. The van der Waals surface area contributed by atoms with E-state index in [1.807, 2.05) is 12.1 Å². The first kappa shape index (κ1) is 12.5. The number of fused-ring (bicyclic) bond motifs is 1. The number of rotatable bonds is 3. The van der Waals surface area contributed by atoms with Crippen LogP contribution in [0.25, 0.3) is 0 Å². The molecule has 1 aromatic carbocycles. The summed E-state index contributed by atoms with van der Waals surface area (Å²) in [7, 11) is 1.34. The molecular formula is C12H14BrNO3. The second-order valence-electron chi connectivity index (χ2n) is 3.99. The van der Waals surface area contributed by atoms with Crippen molar-refractivity contribution in [3.63, 3.8) is 0 Å². The van der Waals surface area contributed by atoms with Gasteiger partial charge in [-0.25, -0.2) is 0 Å². The van der Waals surface area contributed by atoms with Crippen LogP contribution in [-0.4, -0.2) is 19.1 Å². The third-order valence-electron chi connectivity index (χ3n) is 2.91. The van der Waals surface area contributed by atoms with E-state index in [-0.39, 0.29) is 5.97 Å². The number of carbonyl (C=O) groups is 1. The number of carbonyl (C=O) groups excluding carboxylic acids is 1. The van der Waals surface area contributed by atoms with Crippen LogP contribution in [0.5, 0.6) is 0 Å². The van der Waals surface area contributed by atoms with E-state index < -0.39 is 6.04 Å². The second kappa shape index (κ2) is 5.16. The van der Waals surface area contributed by atoms with Crippen LogP contribution >= 0.6 is 15.9 Å². The third kappa shape index (κ3) is 2.51. The van der Waals surface area contributed by atoms with Gasteiger partial charge in [0.1, 0.15) is 6.04 Å². The summed E-state index contributed by atoms with van der Waals surface area (Å²) in [6, 6.07) is 3.32. The summed E-state index contributed by atoms with van der Waals surface area (Å²) in [5.41, 5.74) is 9.11. The van der Waals surface area contributed by atoms with Crippen LogP contribution in [0.4, 0.5) is 0 Å². The molecule has 0 unspecified atom stereocenters. The van der Waals surface area contributed by atoms with E-state index in [9.17, 15) is 4.79 Å². The molecule has 1 aromatic rings. The van der Waals surface area contributed by atoms with Crippen molar-refractivity contribution in [1.82, 2.24) is 0 Å². The normalized spacial score (nSPS) is 15.5. The van der Waals surface area contributed by atoms with Gasteiger partial charge in [0.15, 0.2) is 0 Å². The number of esters is 1. The van der Waals surface area contributed by atoms with E-state index in [0.717, 1.165) is 21.2 Å². The fraction of sp³-hybridized carbons (Fsp3) is 0.417. The quantitative estimate of drug-likeness (QED) is 0.860. The SMILES string of the molecule is COC(=O)[C@@H](N)Cc1ccc(Br)c2c1COC2.